The third kappa shape index (κ3) is 7.82. The van der Waals surface area contributed by atoms with E-state index in [1.807, 2.05) is 13.8 Å². The average molecular weight is 421 g/mol. The van der Waals surface area contributed by atoms with Gasteiger partial charge in [0, 0.05) is 6.42 Å². The Kier molecular flexibility index (Phi) is 10.4. The van der Waals surface area contributed by atoms with Gasteiger partial charge in [-0.25, -0.2) is 0 Å². The van der Waals surface area contributed by atoms with Gasteiger partial charge in [-0.2, -0.15) is 0 Å². The largest absolute Gasteiger partial charge is 0.394 e. The van der Waals surface area contributed by atoms with Crippen LogP contribution in [0.4, 0.5) is 0 Å². The first-order valence-electron chi connectivity index (χ1n) is 10.1. The highest BCUT2D eigenvalue weighted by atomic mass is 16.7. The molecule has 2 heterocycles. The Bertz CT molecular complexity index is 492. The highest BCUT2D eigenvalue weighted by Crippen LogP contribution is 2.28. The van der Waals surface area contributed by atoms with Crippen LogP contribution in [0.5, 0.6) is 0 Å². The molecule has 0 aromatic rings. The lowest BCUT2D eigenvalue weighted by atomic mass is 9.98. The molecule has 9 unspecified atom stereocenters. The Labute approximate surface area is 171 Å². The van der Waals surface area contributed by atoms with E-state index in [0.717, 1.165) is 0 Å². The zero-order chi connectivity index (χ0) is 21.4. The van der Waals surface area contributed by atoms with Gasteiger partial charge in [0.2, 0.25) is 0 Å². The van der Waals surface area contributed by atoms with Crippen molar-refractivity contribution < 1.29 is 44.1 Å². The number of nitrogens with zero attached hydrogens (tertiary/aromatic N) is 1. The molecule has 0 saturated carbocycles. The van der Waals surface area contributed by atoms with Crippen LogP contribution in [-0.4, -0.2) is 108 Å². The zero-order valence-corrected chi connectivity index (χ0v) is 17.3. The van der Waals surface area contributed by atoms with Gasteiger partial charge in [0.05, 0.1) is 44.7 Å². The van der Waals surface area contributed by atoms with Gasteiger partial charge in [0.25, 0.3) is 0 Å². The normalized spacial score (nSPS) is 36.0. The monoisotopic (exact) mass is 421 g/mol. The SMILES string of the molecule is CC(COC(C)COC(C)CO)N=CCCC1OCC2OC(O)C(O)C(O)C2O1. The highest BCUT2D eigenvalue weighted by Gasteiger charge is 2.47. The minimum Gasteiger partial charge on any atom is -0.394 e. The lowest BCUT2D eigenvalue weighted by molar-refractivity contribution is -0.352. The fraction of sp³-hybridized carbons (Fsp3) is 0.947. The number of aliphatic hydroxyl groups excluding tert-OH is 4. The Morgan fingerprint density at radius 3 is 2.48 bits per heavy atom. The van der Waals surface area contributed by atoms with E-state index in [-0.39, 0.29) is 31.5 Å². The molecule has 0 aromatic carbocycles. The van der Waals surface area contributed by atoms with Crippen LogP contribution in [0.25, 0.3) is 0 Å². The molecule has 0 spiro atoms. The summed E-state index contributed by atoms with van der Waals surface area (Å²) >= 11 is 0. The van der Waals surface area contributed by atoms with E-state index in [4.69, 9.17) is 28.8 Å². The van der Waals surface area contributed by atoms with E-state index in [1.54, 1.807) is 13.1 Å². The summed E-state index contributed by atoms with van der Waals surface area (Å²) in [4.78, 5) is 4.42. The van der Waals surface area contributed by atoms with E-state index in [2.05, 4.69) is 4.99 Å². The molecular weight excluding hydrogens is 386 g/mol. The molecule has 170 valence electrons. The molecule has 2 aliphatic heterocycles. The summed E-state index contributed by atoms with van der Waals surface area (Å²) in [5.74, 6) is 0. The summed E-state index contributed by atoms with van der Waals surface area (Å²) in [7, 11) is 0. The fourth-order valence-corrected chi connectivity index (χ4v) is 3.00. The van der Waals surface area contributed by atoms with Gasteiger partial charge in [-0.3, -0.25) is 4.99 Å². The number of hydrogen-bond donors (Lipinski definition) is 4. The molecule has 4 N–H and O–H groups in total. The van der Waals surface area contributed by atoms with Crippen molar-refractivity contribution in [1.29, 1.82) is 0 Å². The lowest BCUT2D eigenvalue weighted by Crippen LogP contribution is -2.62. The number of rotatable bonds is 11. The maximum atomic E-state index is 10.1. The Hall–Kier alpha value is -0.690. The van der Waals surface area contributed by atoms with Crippen molar-refractivity contribution in [3.63, 3.8) is 0 Å². The van der Waals surface area contributed by atoms with Gasteiger partial charge in [0.1, 0.15) is 24.4 Å². The summed E-state index contributed by atoms with van der Waals surface area (Å²) in [6.07, 6.45) is -3.33. The molecule has 0 aromatic heterocycles. The summed E-state index contributed by atoms with van der Waals surface area (Å²) < 4.78 is 27.5. The third-order valence-electron chi connectivity index (χ3n) is 4.80. The van der Waals surface area contributed by atoms with Crippen LogP contribution in [-0.2, 0) is 23.7 Å². The molecule has 0 radical (unpaired) electrons. The molecule has 10 heteroatoms. The van der Waals surface area contributed by atoms with Crippen LogP contribution in [0.3, 0.4) is 0 Å². The van der Waals surface area contributed by atoms with Gasteiger partial charge >= 0.3 is 0 Å². The Balaban J connectivity index is 1.62. The van der Waals surface area contributed by atoms with Crippen molar-refractivity contribution in [1.82, 2.24) is 0 Å². The summed E-state index contributed by atoms with van der Waals surface area (Å²) in [5, 5.41) is 38.2. The first kappa shape index (κ1) is 24.6. The molecule has 0 amide bonds. The van der Waals surface area contributed by atoms with E-state index < -0.39 is 37.0 Å². The van der Waals surface area contributed by atoms with Crippen LogP contribution in [0.2, 0.25) is 0 Å². The van der Waals surface area contributed by atoms with Gasteiger partial charge in [-0.05, 0) is 33.4 Å². The van der Waals surface area contributed by atoms with Crippen LogP contribution < -0.4 is 0 Å². The lowest BCUT2D eigenvalue weighted by Gasteiger charge is -2.45. The van der Waals surface area contributed by atoms with Gasteiger partial charge < -0.3 is 44.1 Å². The predicted molar refractivity (Wildman–Crippen MR) is 103 cm³/mol. The number of ether oxygens (including phenoxy) is 5. The molecule has 2 aliphatic rings. The predicted octanol–water partition coefficient (Wildman–Crippen LogP) is -0.791. The first-order chi connectivity index (χ1) is 13.8. The van der Waals surface area contributed by atoms with Crippen molar-refractivity contribution in [2.75, 3.05) is 26.4 Å². The molecule has 0 aliphatic carbocycles. The second-order valence-electron chi connectivity index (χ2n) is 7.64. The number of aliphatic imine (C=N–C) groups is 1. The quantitative estimate of drug-likeness (QED) is 0.316. The minimum atomic E-state index is -1.45. The van der Waals surface area contributed by atoms with Crippen molar-refractivity contribution >= 4 is 6.21 Å². The summed E-state index contributed by atoms with van der Waals surface area (Å²) in [6, 6.07) is -0.0181. The topological polar surface area (TPSA) is 139 Å². The smallest absolute Gasteiger partial charge is 0.184 e. The first-order valence-corrected chi connectivity index (χ1v) is 10.1. The summed E-state index contributed by atoms with van der Waals surface area (Å²) in [6.45, 7) is 6.68. The van der Waals surface area contributed by atoms with Gasteiger partial charge in [-0.1, -0.05) is 0 Å². The van der Waals surface area contributed by atoms with Crippen molar-refractivity contribution in [2.45, 2.75) is 88.9 Å². The number of aliphatic hydroxyl groups is 4. The molecule has 2 rings (SSSR count). The maximum Gasteiger partial charge on any atom is 0.184 e. The number of fused-ring (bicyclic) bond motifs is 1. The number of hydrogen-bond acceptors (Lipinski definition) is 10. The molecular formula is C19H35NO9. The van der Waals surface area contributed by atoms with E-state index in [1.165, 1.54) is 0 Å². The molecule has 0 bridgehead atoms. The van der Waals surface area contributed by atoms with Crippen molar-refractivity contribution in [3.05, 3.63) is 0 Å². The molecule has 2 saturated heterocycles. The van der Waals surface area contributed by atoms with Crippen LogP contribution in [0, 0.1) is 0 Å². The van der Waals surface area contributed by atoms with Crippen molar-refractivity contribution in [3.8, 4) is 0 Å². The second-order valence-corrected chi connectivity index (χ2v) is 7.64. The standard InChI is InChI=1S/C19H35NO9/c1-11(8-25-13(3)9-26-12(2)7-21)20-6-4-5-15-27-10-14-18(29-15)16(22)17(23)19(24)28-14/h6,11-19,21-24H,4-5,7-10H2,1-3H3. The molecule has 10 nitrogen and oxygen atoms in total. The highest BCUT2D eigenvalue weighted by molar-refractivity contribution is 5.57. The van der Waals surface area contributed by atoms with Crippen LogP contribution >= 0.6 is 0 Å². The third-order valence-corrected chi connectivity index (χ3v) is 4.80. The molecule has 2 fully saturated rings. The van der Waals surface area contributed by atoms with E-state index >= 15 is 0 Å². The zero-order valence-electron chi connectivity index (χ0n) is 17.3. The minimum absolute atomic E-state index is 0.0161. The Morgan fingerprint density at radius 2 is 1.76 bits per heavy atom. The fourth-order valence-electron chi connectivity index (χ4n) is 3.00. The molecule has 29 heavy (non-hydrogen) atoms. The van der Waals surface area contributed by atoms with Gasteiger partial charge in [-0.15, -0.1) is 0 Å². The average Bonchev–Trinajstić information content (AvgIpc) is 2.72. The molecule has 9 atom stereocenters. The van der Waals surface area contributed by atoms with Gasteiger partial charge in [0.15, 0.2) is 12.6 Å². The van der Waals surface area contributed by atoms with Crippen molar-refractivity contribution in [2.24, 2.45) is 4.99 Å². The van der Waals surface area contributed by atoms with E-state index in [0.29, 0.717) is 26.1 Å². The van der Waals surface area contributed by atoms with Crippen LogP contribution in [0.1, 0.15) is 33.6 Å². The maximum absolute atomic E-state index is 10.1. The van der Waals surface area contributed by atoms with E-state index in [9.17, 15) is 15.3 Å². The second kappa shape index (κ2) is 12.2. The Morgan fingerprint density at radius 1 is 1.03 bits per heavy atom. The summed E-state index contributed by atoms with van der Waals surface area (Å²) in [5.41, 5.74) is 0. The van der Waals surface area contributed by atoms with Crippen LogP contribution in [0.15, 0.2) is 4.99 Å².